The topological polar surface area (TPSA) is 9.23 Å². The van der Waals surface area contributed by atoms with Gasteiger partial charge in [-0.15, -0.1) is 0 Å². The standard InChI is InChI=1S/C22H48OSi/c1-6-7-8-9-10-11-12-13-14-15-16-17-18-19-20-21-22(2)24(4,5)23-3/h22H,6-21H2,1-5H3. The van der Waals surface area contributed by atoms with E-state index >= 15 is 0 Å². The van der Waals surface area contributed by atoms with Gasteiger partial charge in [0.25, 0.3) is 0 Å². The van der Waals surface area contributed by atoms with E-state index < -0.39 is 8.32 Å². The third-order valence-corrected chi connectivity index (χ3v) is 9.67. The van der Waals surface area contributed by atoms with E-state index in [2.05, 4.69) is 26.9 Å². The predicted molar refractivity (Wildman–Crippen MR) is 113 cm³/mol. The van der Waals surface area contributed by atoms with Crippen LogP contribution in [-0.4, -0.2) is 15.4 Å². The lowest BCUT2D eigenvalue weighted by atomic mass is 10.0. The molecule has 0 rings (SSSR count). The highest BCUT2D eigenvalue weighted by Crippen LogP contribution is 2.27. The smallest absolute Gasteiger partial charge is 0.188 e. The highest BCUT2D eigenvalue weighted by Gasteiger charge is 2.28. The molecule has 0 bridgehead atoms. The molecule has 0 aromatic rings. The molecule has 0 spiro atoms. The summed E-state index contributed by atoms with van der Waals surface area (Å²) in [4.78, 5) is 0. The van der Waals surface area contributed by atoms with Crippen LogP contribution in [0.15, 0.2) is 0 Å². The molecule has 0 amide bonds. The first-order valence-electron chi connectivity index (χ1n) is 11.1. The van der Waals surface area contributed by atoms with Crippen LogP contribution in [0.2, 0.25) is 18.6 Å². The molecule has 1 atom stereocenters. The van der Waals surface area contributed by atoms with Crippen LogP contribution in [0, 0.1) is 0 Å². The minimum atomic E-state index is -1.39. The number of unbranched alkanes of at least 4 members (excludes halogenated alkanes) is 14. The van der Waals surface area contributed by atoms with E-state index in [4.69, 9.17) is 4.43 Å². The molecule has 0 heterocycles. The van der Waals surface area contributed by atoms with Gasteiger partial charge in [-0.3, -0.25) is 0 Å². The summed E-state index contributed by atoms with van der Waals surface area (Å²) in [6.07, 6.45) is 23.1. The van der Waals surface area contributed by atoms with E-state index in [1.54, 1.807) is 0 Å². The Morgan fingerprint density at radius 1 is 0.625 bits per heavy atom. The number of hydrogen-bond acceptors (Lipinski definition) is 1. The summed E-state index contributed by atoms with van der Waals surface area (Å²) in [5, 5.41) is 0. The summed E-state index contributed by atoms with van der Waals surface area (Å²) >= 11 is 0. The Labute approximate surface area is 155 Å². The van der Waals surface area contributed by atoms with Gasteiger partial charge in [-0.05, 0) is 18.6 Å². The van der Waals surface area contributed by atoms with Crippen molar-refractivity contribution < 1.29 is 4.43 Å². The molecule has 0 saturated carbocycles. The lowest BCUT2D eigenvalue weighted by Gasteiger charge is -2.27. The van der Waals surface area contributed by atoms with Gasteiger partial charge in [-0.25, -0.2) is 0 Å². The van der Waals surface area contributed by atoms with Gasteiger partial charge in [0.05, 0.1) is 0 Å². The molecule has 0 saturated heterocycles. The van der Waals surface area contributed by atoms with Crippen LogP contribution in [0.1, 0.15) is 117 Å². The van der Waals surface area contributed by atoms with Gasteiger partial charge in [-0.2, -0.15) is 0 Å². The van der Waals surface area contributed by atoms with Crippen molar-refractivity contribution in [1.29, 1.82) is 0 Å². The van der Waals surface area contributed by atoms with E-state index in [1.807, 2.05) is 7.11 Å². The monoisotopic (exact) mass is 356 g/mol. The second-order valence-electron chi connectivity index (χ2n) is 8.45. The SMILES string of the molecule is CCCCCCCCCCCCCCCCCC(C)[Si](C)(C)OC. The normalized spacial score (nSPS) is 13.4. The fourth-order valence-corrected chi connectivity index (χ4v) is 4.67. The first-order valence-corrected chi connectivity index (χ1v) is 14.1. The third-order valence-electron chi connectivity index (χ3n) is 5.95. The van der Waals surface area contributed by atoms with Crippen molar-refractivity contribution in [3.63, 3.8) is 0 Å². The molecule has 0 aromatic carbocycles. The molecule has 0 aliphatic rings. The van der Waals surface area contributed by atoms with Crippen LogP contribution in [0.4, 0.5) is 0 Å². The molecule has 146 valence electrons. The third kappa shape index (κ3) is 14.5. The second-order valence-corrected chi connectivity index (χ2v) is 13.0. The molecule has 0 aliphatic heterocycles. The van der Waals surface area contributed by atoms with Crippen LogP contribution < -0.4 is 0 Å². The minimum absolute atomic E-state index is 0.796. The summed E-state index contributed by atoms with van der Waals surface area (Å²) < 4.78 is 5.71. The summed E-state index contributed by atoms with van der Waals surface area (Å²) in [7, 11) is 0.510. The second kappa shape index (κ2) is 16.6. The van der Waals surface area contributed by atoms with Crippen LogP contribution >= 0.6 is 0 Å². The van der Waals surface area contributed by atoms with Crippen LogP contribution in [0.3, 0.4) is 0 Å². The van der Waals surface area contributed by atoms with E-state index in [0.29, 0.717) is 0 Å². The van der Waals surface area contributed by atoms with Crippen LogP contribution in [0.25, 0.3) is 0 Å². The lowest BCUT2D eigenvalue weighted by molar-refractivity contribution is 0.386. The van der Waals surface area contributed by atoms with E-state index in [9.17, 15) is 0 Å². The van der Waals surface area contributed by atoms with Crippen molar-refractivity contribution in [2.75, 3.05) is 7.11 Å². The maximum absolute atomic E-state index is 5.71. The average Bonchev–Trinajstić information content (AvgIpc) is 2.58. The summed E-state index contributed by atoms with van der Waals surface area (Å²) in [5.74, 6) is 0. The van der Waals surface area contributed by atoms with Gasteiger partial charge >= 0.3 is 0 Å². The molecular formula is C22H48OSi. The maximum atomic E-state index is 5.71. The molecule has 1 unspecified atom stereocenters. The van der Waals surface area contributed by atoms with Gasteiger partial charge < -0.3 is 4.43 Å². The lowest BCUT2D eigenvalue weighted by Crippen LogP contribution is -2.33. The van der Waals surface area contributed by atoms with Crippen molar-refractivity contribution in [1.82, 2.24) is 0 Å². The first-order chi connectivity index (χ1) is 11.5. The van der Waals surface area contributed by atoms with Crippen LogP contribution in [-0.2, 0) is 4.43 Å². The van der Waals surface area contributed by atoms with Gasteiger partial charge in [0.15, 0.2) is 8.32 Å². The Kier molecular flexibility index (Phi) is 16.8. The molecule has 0 aromatic heterocycles. The van der Waals surface area contributed by atoms with Crippen molar-refractivity contribution in [3.05, 3.63) is 0 Å². The maximum Gasteiger partial charge on any atom is 0.188 e. The zero-order valence-electron chi connectivity index (χ0n) is 17.8. The number of hydrogen-bond donors (Lipinski definition) is 0. The van der Waals surface area contributed by atoms with Gasteiger partial charge in [0.1, 0.15) is 0 Å². The molecule has 0 fully saturated rings. The fraction of sp³-hybridized carbons (Fsp3) is 1.00. The highest BCUT2D eigenvalue weighted by molar-refractivity contribution is 6.72. The first kappa shape index (κ1) is 24.2. The van der Waals surface area contributed by atoms with E-state index in [0.717, 1.165) is 5.54 Å². The fourth-order valence-electron chi connectivity index (χ4n) is 3.37. The van der Waals surface area contributed by atoms with Crippen molar-refractivity contribution in [2.45, 2.75) is 135 Å². The molecule has 0 aliphatic carbocycles. The van der Waals surface area contributed by atoms with Crippen molar-refractivity contribution in [2.24, 2.45) is 0 Å². The predicted octanol–water partition coefficient (Wildman–Crippen LogP) is 8.49. The average molecular weight is 357 g/mol. The zero-order chi connectivity index (χ0) is 18.1. The Bertz CT molecular complexity index is 252. The zero-order valence-corrected chi connectivity index (χ0v) is 18.8. The van der Waals surface area contributed by atoms with Gasteiger partial charge in [-0.1, -0.05) is 117 Å². The Morgan fingerprint density at radius 3 is 1.29 bits per heavy atom. The van der Waals surface area contributed by atoms with Gasteiger partial charge in [0.2, 0.25) is 0 Å². The van der Waals surface area contributed by atoms with Crippen molar-refractivity contribution >= 4 is 8.32 Å². The Hall–Kier alpha value is 0.177. The van der Waals surface area contributed by atoms with Crippen molar-refractivity contribution in [3.8, 4) is 0 Å². The van der Waals surface area contributed by atoms with Gasteiger partial charge in [0, 0.05) is 7.11 Å². The quantitative estimate of drug-likeness (QED) is 0.177. The van der Waals surface area contributed by atoms with E-state index in [1.165, 1.54) is 103 Å². The summed E-state index contributed by atoms with van der Waals surface area (Å²) in [6.45, 7) is 9.38. The Balaban J connectivity index is 3.18. The summed E-state index contributed by atoms with van der Waals surface area (Å²) in [5.41, 5.74) is 0.796. The molecular weight excluding hydrogens is 308 g/mol. The largest absolute Gasteiger partial charge is 0.420 e. The Morgan fingerprint density at radius 2 is 0.958 bits per heavy atom. The minimum Gasteiger partial charge on any atom is -0.420 e. The number of rotatable bonds is 18. The molecule has 0 radical (unpaired) electrons. The highest BCUT2D eigenvalue weighted by atomic mass is 28.4. The summed E-state index contributed by atoms with van der Waals surface area (Å²) in [6, 6.07) is 0. The van der Waals surface area contributed by atoms with Crippen LogP contribution in [0.5, 0.6) is 0 Å². The molecule has 24 heavy (non-hydrogen) atoms. The molecule has 2 heteroatoms. The molecule has 1 nitrogen and oxygen atoms in total. The van der Waals surface area contributed by atoms with E-state index in [-0.39, 0.29) is 0 Å². The molecule has 0 N–H and O–H groups in total.